The largest absolute Gasteiger partial charge is 0.392 e. The molecular formula is C13H17N3OS. The molecule has 96 valence electrons. The van der Waals surface area contributed by atoms with Gasteiger partial charge in [-0.05, 0) is 37.0 Å². The number of nitrogens with two attached hydrogens (primary N) is 1. The third-order valence-electron chi connectivity index (χ3n) is 3.46. The molecular weight excluding hydrogens is 246 g/mol. The van der Waals surface area contributed by atoms with Gasteiger partial charge in [0.15, 0.2) is 0 Å². The Bertz CT molecular complexity index is 457. The third kappa shape index (κ3) is 2.51. The normalized spacial score (nSPS) is 16.1. The highest BCUT2D eigenvalue weighted by Crippen LogP contribution is 2.47. The molecule has 1 aromatic heterocycles. The molecule has 1 saturated carbocycles. The molecule has 0 unspecified atom stereocenters. The van der Waals surface area contributed by atoms with E-state index in [0.29, 0.717) is 11.5 Å². The van der Waals surface area contributed by atoms with Crippen molar-refractivity contribution in [2.75, 3.05) is 13.6 Å². The van der Waals surface area contributed by atoms with Crippen molar-refractivity contribution < 1.29 is 4.79 Å². The van der Waals surface area contributed by atoms with Gasteiger partial charge < -0.3 is 10.6 Å². The molecule has 1 fully saturated rings. The van der Waals surface area contributed by atoms with Crippen LogP contribution in [0.4, 0.5) is 0 Å². The number of likely N-dealkylation sites (N-methyl/N-ethyl adjacent to an activating group) is 1. The number of hydrogen-bond acceptors (Lipinski definition) is 3. The fourth-order valence-electron chi connectivity index (χ4n) is 2.00. The van der Waals surface area contributed by atoms with Gasteiger partial charge in [0.1, 0.15) is 0 Å². The number of amides is 1. The summed E-state index contributed by atoms with van der Waals surface area (Å²) in [6.45, 7) is 0.674. The van der Waals surface area contributed by atoms with Gasteiger partial charge in [-0.1, -0.05) is 12.2 Å². The van der Waals surface area contributed by atoms with Crippen molar-refractivity contribution >= 4 is 23.1 Å². The Morgan fingerprint density at radius 2 is 2.11 bits per heavy atom. The second kappa shape index (κ2) is 5.02. The smallest absolute Gasteiger partial charge is 0.235 e. The number of nitrogens with zero attached hydrogens (tertiary/aromatic N) is 2. The van der Waals surface area contributed by atoms with E-state index in [1.165, 1.54) is 5.56 Å². The molecule has 0 atom stereocenters. The predicted octanol–water partition coefficient (Wildman–Crippen LogP) is 1.15. The van der Waals surface area contributed by atoms with Gasteiger partial charge in [0.05, 0.1) is 10.4 Å². The zero-order chi connectivity index (χ0) is 13.2. The molecule has 5 heteroatoms. The molecule has 0 aliphatic heterocycles. The summed E-state index contributed by atoms with van der Waals surface area (Å²) in [5, 5.41) is 0. The maximum absolute atomic E-state index is 12.2. The third-order valence-corrected chi connectivity index (χ3v) is 3.85. The van der Waals surface area contributed by atoms with Crippen LogP contribution in [0.25, 0.3) is 0 Å². The molecule has 4 nitrogen and oxygen atoms in total. The summed E-state index contributed by atoms with van der Waals surface area (Å²) in [5.41, 5.74) is 6.29. The van der Waals surface area contributed by atoms with Gasteiger partial charge in [0.2, 0.25) is 5.91 Å². The molecule has 1 aliphatic rings. The fraction of sp³-hybridized carbons (Fsp3) is 0.462. The zero-order valence-corrected chi connectivity index (χ0v) is 11.2. The average Bonchev–Trinajstić information content (AvgIpc) is 3.17. The molecule has 0 bridgehead atoms. The van der Waals surface area contributed by atoms with Crippen LogP contribution in [0, 0.1) is 5.41 Å². The van der Waals surface area contributed by atoms with Crippen molar-refractivity contribution in [2.24, 2.45) is 11.1 Å². The Labute approximate surface area is 112 Å². The molecule has 1 aromatic rings. The van der Waals surface area contributed by atoms with Crippen LogP contribution < -0.4 is 5.73 Å². The molecule has 2 N–H and O–H groups in total. The van der Waals surface area contributed by atoms with Gasteiger partial charge in [-0.2, -0.15) is 0 Å². The van der Waals surface area contributed by atoms with Crippen LogP contribution in [-0.2, 0) is 11.2 Å². The molecule has 1 heterocycles. The maximum atomic E-state index is 12.2. The predicted molar refractivity (Wildman–Crippen MR) is 74.0 cm³/mol. The number of carbonyl (C=O) groups is 1. The fourth-order valence-corrected chi connectivity index (χ4v) is 2.30. The summed E-state index contributed by atoms with van der Waals surface area (Å²) in [6.07, 6.45) is 5.92. The lowest BCUT2D eigenvalue weighted by atomic mass is 10.1. The van der Waals surface area contributed by atoms with Gasteiger partial charge in [0.25, 0.3) is 0 Å². The monoisotopic (exact) mass is 263 g/mol. The first-order valence-electron chi connectivity index (χ1n) is 6.01. The van der Waals surface area contributed by atoms with Crippen molar-refractivity contribution in [1.29, 1.82) is 0 Å². The molecule has 0 radical (unpaired) electrons. The summed E-state index contributed by atoms with van der Waals surface area (Å²) in [7, 11) is 1.81. The number of rotatable bonds is 5. The van der Waals surface area contributed by atoms with Gasteiger partial charge in [-0.15, -0.1) is 0 Å². The minimum absolute atomic E-state index is 0.0593. The van der Waals surface area contributed by atoms with E-state index < -0.39 is 5.41 Å². The van der Waals surface area contributed by atoms with E-state index in [2.05, 4.69) is 4.98 Å². The molecule has 0 saturated heterocycles. The van der Waals surface area contributed by atoms with Crippen LogP contribution in [0.15, 0.2) is 24.5 Å². The minimum atomic E-state index is -0.539. The van der Waals surface area contributed by atoms with Crippen molar-refractivity contribution in [1.82, 2.24) is 9.88 Å². The summed E-state index contributed by atoms with van der Waals surface area (Å²) >= 11 is 4.99. The van der Waals surface area contributed by atoms with E-state index in [1.807, 2.05) is 19.2 Å². The summed E-state index contributed by atoms with van der Waals surface area (Å²) in [5.74, 6) is 0.0593. The highest BCUT2D eigenvalue weighted by molar-refractivity contribution is 7.80. The lowest BCUT2D eigenvalue weighted by Gasteiger charge is -2.22. The number of hydrogen-bond donors (Lipinski definition) is 1. The van der Waals surface area contributed by atoms with Crippen LogP contribution in [0.1, 0.15) is 18.4 Å². The molecule has 2 rings (SSSR count). The number of thiocarbonyl (C=S) groups is 1. The second-order valence-corrected chi connectivity index (χ2v) is 5.22. The lowest BCUT2D eigenvalue weighted by Crippen LogP contribution is -2.41. The highest BCUT2D eigenvalue weighted by Gasteiger charge is 2.53. The Balaban J connectivity index is 1.91. The lowest BCUT2D eigenvalue weighted by molar-refractivity contribution is -0.133. The Morgan fingerprint density at radius 1 is 1.50 bits per heavy atom. The van der Waals surface area contributed by atoms with E-state index in [1.54, 1.807) is 17.3 Å². The first kappa shape index (κ1) is 13.0. The van der Waals surface area contributed by atoms with Gasteiger partial charge >= 0.3 is 0 Å². The number of aromatic nitrogens is 1. The Kier molecular flexibility index (Phi) is 3.61. The van der Waals surface area contributed by atoms with E-state index in [4.69, 9.17) is 18.0 Å². The quantitative estimate of drug-likeness (QED) is 0.810. The van der Waals surface area contributed by atoms with Gasteiger partial charge in [-0.25, -0.2) is 0 Å². The summed E-state index contributed by atoms with van der Waals surface area (Å²) in [4.78, 5) is 18.3. The summed E-state index contributed by atoms with van der Waals surface area (Å²) in [6, 6.07) is 3.91. The zero-order valence-electron chi connectivity index (χ0n) is 10.4. The van der Waals surface area contributed by atoms with Crippen molar-refractivity contribution in [2.45, 2.75) is 19.3 Å². The van der Waals surface area contributed by atoms with Crippen LogP contribution in [0.3, 0.4) is 0 Å². The Hall–Kier alpha value is -1.49. The van der Waals surface area contributed by atoms with Crippen molar-refractivity contribution in [3.63, 3.8) is 0 Å². The second-order valence-electron chi connectivity index (χ2n) is 4.78. The summed E-state index contributed by atoms with van der Waals surface area (Å²) < 4.78 is 0. The highest BCUT2D eigenvalue weighted by atomic mass is 32.1. The van der Waals surface area contributed by atoms with E-state index in [-0.39, 0.29) is 5.91 Å². The van der Waals surface area contributed by atoms with Crippen LogP contribution >= 0.6 is 12.2 Å². The first-order valence-corrected chi connectivity index (χ1v) is 6.41. The average molecular weight is 263 g/mol. The Morgan fingerprint density at radius 3 is 2.61 bits per heavy atom. The maximum Gasteiger partial charge on any atom is 0.235 e. The van der Waals surface area contributed by atoms with E-state index >= 15 is 0 Å². The molecule has 0 aromatic carbocycles. The standard InChI is InChI=1S/C13H17N3OS/c1-16(9-4-10-2-7-15-8-3-10)12(17)13(5-6-13)11(14)18/h2-3,7-8H,4-6,9H2,1H3,(H2,14,18). The topological polar surface area (TPSA) is 59.2 Å². The number of carbonyl (C=O) groups excluding carboxylic acids is 1. The molecule has 18 heavy (non-hydrogen) atoms. The van der Waals surface area contributed by atoms with Crippen molar-refractivity contribution in [3.8, 4) is 0 Å². The first-order chi connectivity index (χ1) is 8.56. The van der Waals surface area contributed by atoms with Crippen LogP contribution in [0.2, 0.25) is 0 Å². The van der Waals surface area contributed by atoms with Crippen molar-refractivity contribution in [3.05, 3.63) is 30.1 Å². The van der Waals surface area contributed by atoms with Gasteiger partial charge in [0, 0.05) is 26.0 Å². The molecule has 1 aliphatic carbocycles. The molecule has 1 amide bonds. The minimum Gasteiger partial charge on any atom is -0.392 e. The van der Waals surface area contributed by atoms with Gasteiger partial charge in [-0.3, -0.25) is 9.78 Å². The van der Waals surface area contributed by atoms with Crippen LogP contribution in [-0.4, -0.2) is 34.4 Å². The molecule has 0 spiro atoms. The van der Waals surface area contributed by atoms with E-state index in [9.17, 15) is 4.79 Å². The number of pyridine rings is 1. The van der Waals surface area contributed by atoms with E-state index in [0.717, 1.165) is 19.3 Å². The SMILES string of the molecule is CN(CCc1ccncc1)C(=O)C1(C(N)=S)CC1. The van der Waals surface area contributed by atoms with Crippen LogP contribution in [0.5, 0.6) is 0 Å².